The van der Waals surface area contributed by atoms with Crippen LogP contribution in [0.25, 0.3) is 0 Å². The molecular weight excluding hydrogens is 286 g/mol. The Morgan fingerprint density at radius 2 is 2.15 bits per heavy atom. The molecule has 1 unspecified atom stereocenters. The molecule has 1 heterocycles. The summed E-state index contributed by atoms with van der Waals surface area (Å²) < 4.78 is 27.7. The van der Waals surface area contributed by atoms with Crippen LogP contribution in [0.3, 0.4) is 0 Å². The molecule has 20 heavy (non-hydrogen) atoms. The molecule has 0 amide bonds. The Morgan fingerprint density at radius 3 is 2.65 bits per heavy atom. The lowest BCUT2D eigenvalue weighted by Gasteiger charge is -2.08. The van der Waals surface area contributed by atoms with E-state index in [1.54, 1.807) is 0 Å². The molecule has 0 radical (unpaired) electrons. The maximum atomic E-state index is 11.8. The number of nitro benzene ring substituents is 1. The molecular formula is C12H13NO6S. The number of sulfone groups is 1. The molecule has 0 aromatic heterocycles. The Morgan fingerprint density at radius 1 is 1.45 bits per heavy atom. The third-order valence-electron chi connectivity index (χ3n) is 3.15. The predicted octanol–water partition coefficient (Wildman–Crippen LogP) is 1.24. The molecule has 108 valence electrons. The molecule has 0 spiro atoms. The lowest BCUT2D eigenvalue weighted by molar-refractivity contribution is -0.385. The van der Waals surface area contributed by atoms with Gasteiger partial charge in [0.25, 0.3) is 5.69 Å². The second-order valence-electron chi connectivity index (χ2n) is 4.73. The second kappa shape index (κ2) is 5.20. The van der Waals surface area contributed by atoms with Crippen molar-refractivity contribution in [2.75, 3.05) is 11.5 Å². The van der Waals surface area contributed by atoms with Crippen molar-refractivity contribution in [1.29, 1.82) is 0 Å². The maximum Gasteiger partial charge on any atom is 0.315 e. The molecule has 1 aromatic rings. The van der Waals surface area contributed by atoms with Crippen LogP contribution in [0.15, 0.2) is 18.2 Å². The molecule has 1 aromatic carbocycles. The first-order chi connectivity index (χ1) is 9.28. The van der Waals surface area contributed by atoms with E-state index < -0.39 is 26.6 Å². The van der Waals surface area contributed by atoms with Gasteiger partial charge in [0.15, 0.2) is 9.84 Å². The smallest absolute Gasteiger partial charge is 0.315 e. The quantitative estimate of drug-likeness (QED) is 0.360. The number of esters is 1. The van der Waals surface area contributed by atoms with E-state index in [1.165, 1.54) is 25.1 Å². The number of ether oxygens (including phenoxy) is 1. The van der Waals surface area contributed by atoms with Crippen molar-refractivity contribution >= 4 is 21.5 Å². The van der Waals surface area contributed by atoms with Gasteiger partial charge in [-0.3, -0.25) is 14.9 Å². The molecule has 7 nitrogen and oxygen atoms in total. The second-order valence-corrected chi connectivity index (χ2v) is 6.96. The van der Waals surface area contributed by atoms with Gasteiger partial charge in [0, 0.05) is 11.6 Å². The van der Waals surface area contributed by atoms with Crippen molar-refractivity contribution < 1.29 is 22.9 Å². The van der Waals surface area contributed by atoms with Gasteiger partial charge >= 0.3 is 5.97 Å². The highest BCUT2D eigenvalue weighted by atomic mass is 32.2. The van der Waals surface area contributed by atoms with Crippen LogP contribution in [-0.4, -0.2) is 30.8 Å². The molecule has 0 aliphatic carbocycles. The number of hydrogen-bond donors (Lipinski definition) is 0. The van der Waals surface area contributed by atoms with Gasteiger partial charge < -0.3 is 4.74 Å². The van der Waals surface area contributed by atoms with Gasteiger partial charge in [-0.1, -0.05) is 0 Å². The Balaban J connectivity index is 2.09. The monoisotopic (exact) mass is 299 g/mol. The molecule has 8 heteroatoms. The molecule has 1 atom stereocenters. The third-order valence-corrected chi connectivity index (χ3v) is 4.92. The van der Waals surface area contributed by atoms with E-state index >= 15 is 0 Å². The van der Waals surface area contributed by atoms with Crippen LogP contribution in [0.5, 0.6) is 5.75 Å². The Bertz CT molecular complexity index is 667. The van der Waals surface area contributed by atoms with Gasteiger partial charge in [0.05, 0.1) is 22.3 Å². The van der Waals surface area contributed by atoms with Gasteiger partial charge in [-0.25, -0.2) is 8.42 Å². The third kappa shape index (κ3) is 3.13. The van der Waals surface area contributed by atoms with Crippen molar-refractivity contribution in [1.82, 2.24) is 0 Å². The number of hydrogen-bond acceptors (Lipinski definition) is 6. The average Bonchev–Trinajstić information content (AvgIpc) is 2.69. The predicted molar refractivity (Wildman–Crippen MR) is 70.2 cm³/mol. The van der Waals surface area contributed by atoms with Crippen molar-refractivity contribution in [3.8, 4) is 5.75 Å². The minimum absolute atomic E-state index is 0.00788. The van der Waals surface area contributed by atoms with Gasteiger partial charge in [-0.15, -0.1) is 0 Å². The first kappa shape index (κ1) is 14.4. The standard InChI is InChI=1S/C12H13NO6S/c1-8-6-10(2-3-11(8)13(15)16)19-12(14)9-4-5-20(17,18)7-9/h2-3,6,9H,4-5,7H2,1H3. The van der Waals surface area contributed by atoms with E-state index in [9.17, 15) is 23.3 Å². The summed E-state index contributed by atoms with van der Waals surface area (Å²) in [6.07, 6.45) is 0.257. The fourth-order valence-corrected chi connectivity index (χ4v) is 3.80. The van der Waals surface area contributed by atoms with Crippen LogP contribution in [-0.2, 0) is 14.6 Å². The largest absolute Gasteiger partial charge is 0.426 e. The van der Waals surface area contributed by atoms with Crippen LogP contribution in [0.1, 0.15) is 12.0 Å². The van der Waals surface area contributed by atoms with E-state index in [0.29, 0.717) is 5.56 Å². The Labute approximate surface area is 115 Å². The summed E-state index contributed by atoms with van der Waals surface area (Å²) in [4.78, 5) is 22.0. The first-order valence-corrected chi connectivity index (χ1v) is 7.78. The average molecular weight is 299 g/mol. The normalized spacial score (nSPS) is 20.6. The maximum absolute atomic E-state index is 11.8. The number of nitrogens with zero attached hydrogens (tertiary/aromatic N) is 1. The van der Waals surface area contributed by atoms with Crippen LogP contribution >= 0.6 is 0 Å². The SMILES string of the molecule is Cc1cc(OC(=O)C2CCS(=O)(=O)C2)ccc1[N+](=O)[O-]. The van der Waals surface area contributed by atoms with E-state index in [4.69, 9.17) is 4.74 Å². The van der Waals surface area contributed by atoms with Crippen molar-refractivity contribution in [3.05, 3.63) is 33.9 Å². The summed E-state index contributed by atoms with van der Waals surface area (Å²) in [5, 5.41) is 10.7. The Kier molecular flexibility index (Phi) is 3.76. The minimum Gasteiger partial charge on any atom is -0.426 e. The van der Waals surface area contributed by atoms with Crippen LogP contribution in [0.4, 0.5) is 5.69 Å². The van der Waals surface area contributed by atoms with Crippen LogP contribution < -0.4 is 4.74 Å². The van der Waals surface area contributed by atoms with Crippen LogP contribution in [0, 0.1) is 23.0 Å². The molecule has 0 N–H and O–H groups in total. The topological polar surface area (TPSA) is 104 Å². The summed E-state index contributed by atoms with van der Waals surface area (Å²) in [6.45, 7) is 1.54. The lowest BCUT2D eigenvalue weighted by atomic mass is 10.1. The number of benzene rings is 1. The highest BCUT2D eigenvalue weighted by molar-refractivity contribution is 7.91. The molecule has 1 saturated heterocycles. The fraction of sp³-hybridized carbons (Fsp3) is 0.417. The first-order valence-electron chi connectivity index (χ1n) is 5.96. The van der Waals surface area contributed by atoms with Gasteiger partial charge in [0.2, 0.25) is 0 Å². The molecule has 0 saturated carbocycles. The summed E-state index contributed by atoms with van der Waals surface area (Å²) >= 11 is 0. The van der Waals surface area contributed by atoms with E-state index in [-0.39, 0.29) is 29.4 Å². The minimum atomic E-state index is -3.15. The van der Waals surface area contributed by atoms with Crippen molar-refractivity contribution in [2.24, 2.45) is 5.92 Å². The van der Waals surface area contributed by atoms with Crippen molar-refractivity contribution in [3.63, 3.8) is 0 Å². The van der Waals surface area contributed by atoms with E-state index in [1.807, 2.05) is 0 Å². The summed E-state index contributed by atoms with van der Waals surface area (Å²) in [5.74, 6) is -1.29. The molecule has 1 aliphatic heterocycles. The number of nitro groups is 1. The number of carbonyl (C=O) groups excluding carboxylic acids is 1. The zero-order valence-corrected chi connectivity index (χ0v) is 11.6. The number of rotatable bonds is 3. The van der Waals surface area contributed by atoms with Gasteiger partial charge in [-0.05, 0) is 25.5 Å². The summed E-state index contributed by atoms with van der Waals surface area (Å²) in [5.41, 5.74) is 0.313. The summed E-state index contributed by atoms with van der Waals surface area (Å²) in [7, 11) is -3.15. The zero-order valence-electron chi connectivity index (χ0n) is 10.7. The van der Waals surface area contributed by atoms with Crippen molar-refractivity contribution in [2.45, 2.75) is 13.3 Å². The molecule has 2 rings (SSSR count). The fourth-order valence-electron chi connectivity index (χ4n) is 2.08. The van der Waals surface area contributed by atoms with E-state index in [0.717, 1.165) is 0 Å². The number of aryl methyl sites for hydroxylation is 1. The molecule has 1 fully saturated rings. The highest BCUT2D eigenvalue weighted by Crippen LogP contribution is 2.25. The van der Waals surface area contributed by atoms with Crippen LogP contribution in [0.2, 0.25) is 0 Å². The zero-order chi connectivity index (χ0) is 14.9. The van der Waals surface area contributed by atoms with Gasteiger partial charge in [-0.2, -0.15) is 0 Å². The molecule has 0 bridgehead atoms. The van der Waals surface area contributed by atoms with Gasteiger partial charge in [0.1, 0.15) is 5.75 Å². The lowest BCUT2D eigenvalue weighted by Crippen LogP contribution is -2.21. The Hall–Kier alpha value is -1.96. The highest BCUT2D eigenvalue weighted by Gasteiger charge is 2.34. The summed E-state index contributed by atoms with van der Waals surface area (Å²) in [6, 6.07) is 3.97. The number of carbonyl (C=O) groups is 1. The van der Waals surface area contributed by atoms with E-state index in [2.05, 4.69) is 0 Å². The molecule has 1 aliphatic rings.